The minimum Gasteiger partial charge on any atom is -0.424 e. The number of nitrogens with zero attached hydrogens (tertiary/aromatic N) is 4. The second kappa shape index (κ2) is 25.1. The van der Waals surface area contributed by atoms with E-state index in [4.69, 9.17) is 65.9 Å². The molecule has 0 amide bonds. The molecule has 16 heteroatoms. The molecular weight excluding hydrogens is 955 g/mol. The van der Waals surface area contributed by atoms with Crippen LogP contribution < -0.4 is 10.6 Å². The molecule has 2 aliphatic heterocycles. The van der Waals surface area contributed by atoms with Crippen LogP contribution in [0, 0.1) is 0 Å². The number of hydrogen-bond acceptors (Lipinski definition) is 12. The summed E-state index contributed by atoms with van der Waals surface area (Å²) >= 11 is 29.5. The lowest BCUT2D eigenvalue weighted by Gasteiger charge is -2.32. The number of esters is 2. The lowest BCUT2D eigenvalue weighted by Crippen LogP contribution is -2.43. The third-order valence-corrected chi connectivity index (χ3v) is 14.5. The minimum absolute atomic E-state index is 0.0448. The van der Waals surface area contributed by atoms with E-state index in [0.717, 1.165) is 87.7 Å². The molecule has 0 saturated heterocycles. The van der Waals surface area contributed by atoms with Crippen LogP contribution in [-0.4, -0.2) is 109 Å². The van der Waals surface area contributed by atoms with Gasteiger partial charge in [-0.15, -0.1) is 0 Å². The van der Waals surface area contributed by atoms with Crippen LogP contribution in [0.25, 0.3) is 0 Å². The molecule has 10 nitrogen and oxygen atoms in total. The van der Waals surface area contributed by atoms with Gasteiger partial charge in [0.2, 0.25) is 0 Å². The van der Waals surface area contributed by atoms with Crippen molar-refractivity contribution < 1.29 is 19.1 Å². The van der Waals surface area contributed by atoms with Crippen LogP contribution in [0.1, 0.15) is 73.6 Å². The number of carbonyl (C=O) groups excluding carboxylic acids is 2. The van der Waals surface area contributed by atoms with Crippen LogP contribution >= 0.6 is 69.9 Å². The molecule has 2 heterocycles. The molecule has 0 spiro atoms. The van der Waals surface area contributed by atoms with E-state index in [-0.39, 0.29) is 13.1 Å². The number of carbonyl (C=O) groups is 2. The second-order valence-corrected chi connectivity index (χ2v) is 21.1. The third kappa shape index (κ3) is 14.9. The van der Waals surface area contributed by atoms with E-state index in [1.54, 1.807) is 12.1 Å². The van der Waals surface area contributed by atoms with E-state index in [0.29, 0.717) is 65.5 Å². The number of nitrogens with one attached hydrogen (secondary N) is 2. The molecule has 0 radical (unpaired) electrons. The van der Waals surface area contributed by atoms with Crippen molar-refractivity contribution in [3.8, 4) is 0 Å². The molecule has 352 valence electrons. The highest BCUT2D eigenvalue weighted by atomic mass is 35.5. The normalized spacial score (nSPS) is 18.1. The summed E-state index contributed by atoms with van der Waals surface area (Å²) in [7, 11) is 8.30. The molecule has 4 aromatic rings. The summed E-state index contributed by atoms with van der Waals surface area (Å²) < 4.78 is 12.7. The van der Waals surface area contributed by atoms with Crippen molar-refractivity contribution in [1.82, 2.24) is 9.80 Å². The molecule has 66 heavy (non-hydrogen) atoms. The van der Waals surface area contributed by atoms with Gasteiger partial charge >= 0.3 is 11.9 Å². The van der Waals surface area contributed by atoms with Gasteiger partial charge < -0.3 is 29.9 Å². The molecule has 0 aliphatic carbocycles. The van der Waals surface area contributed by atoms with Gasteiger partial charge in [0, 0.05) is 65.9 Å². The van der Waals surface area contributed by atoms with Crippen LogP contribution in [0.5, 0.6) is 0 Å². The maximum atomic E-state index is 14.0. The van der Waals surface area contributed by atoms with Crippen molar-refractivity contribution in [3.63, 3.8) is 0 Å². The summed E-state index contributed by atoms with van der Waals surface area (Å²) in [5.74, 6) is -0.148. The first-order valence-electron chi connectivity index (χ1n) is 22.2. The van der Waals surface area contributed by atoms with Gasteiger partial charge in [-0.1, -0.05) is 132 Å². The predicted molar refractivity (Wildman–Crippen MR) is 280 cm³/mol. The SMILES string of the molecule is CN(C)CCCCCCSC1(OC(=O)/C=C\C(=O)OC2(SCCCCCCN(C)C)CN=C(c3ccccc3Cl)c3cc(Cl)ccc3N2)CN=C(c2ccccc2Cl)c2cc(Cl)ccc2N1. The summed E-state index contributed by atoms with van der Waals surface area (Å²) in [5, 5.41) is 6.42. The number of ether oxygens (including phenoxy) is 2. The Kier molecular flexibility index (Phi) is 19.6. The van der Waals surface area contributed by atoms with Crippen LogP contribution in [0.4, 0.5) is 11.4 Å². The Balaban J connectivity index is 1.25. The Morgan fingerprint density at radius 3 is 1.36 bits per heavy atom. The topological polar surface area (TPSA) is 108 Å². The minimum atomic E-state index is -1.35. The van der Waals surface area contributed by atoms with Gasteiger partial charge in [0.1, 0.15) is 13.1 Å². The van der Waals surface area contributed by atoms with Crippen LogP contribution in [0.3, 0.4) is 0 Å². The predicted octanol–water partition coefficient (Wildman–Crippen LogP) is 12.2. The van der Waals surface area contributed by atoms with Crippen molar-refractivity contribution in [2.24, 2.45) is 9.98 Å². The summed E-state index contributed by atoms with van der Waals surface area (Å²) in [5.41, 5.74) is 5.43. The molecule has 0 bridgehead atoms. The van der Waals surface area contributed by atoms with Crippen molar-refractivity contribution in [2.45, 2.75) is 61.5 Å². The summed E-state index contributed by atoms with van der Waals surface area (Å²) in [6, 6.07) is 25.8. The van der Waals surface area contributed by atoms with Crippen LogP contribution in [0.15, 0.2) is 107 Å². The van der Waals surface area contributed by atoms with Crippen molar-refractivity contribution in [3.05, 3.63) is 139 Å². The van der Waals surface area contributed by atoms with Gasteiger partial charge in [0.15, 0.2) is 0 Å². The van der Waals surface area contributed by atoms with E-state index < -0.39 is 22.1 Å². The average molecular weight is 1010 g/mol. The fourth-order valence-corrected chi connectivity index (χ4v) is 10.7. The fraction of sp³-hybridized carbons (Fsp3) is 0.400. The van der Waals surface area contributed by atoms with Crippen molar-refractivity contribution in [2.75, 3.05) is 76.5 Å². The zero-order chi connectivity index (χ0) is 47.1. The van der Waals surface area contributed by atoms with Gasteiger partial charge in [-0.2, -0.15) is 0 Å². The molecule has 2 unspecified atom stereocenters. The number of benzene rings is 4. The molecule has 4 aromatic carbocycles. The maximum Gasteiger partial charge on any atom is 0.333 e. The molecule has 0 saturated carbocycles. The van der Waals surface area contributed by atoms with E-state index in [2.05, 4.69) is 48.6 Å². The largest absolute Gasteiger partial charge is 0.424 e. The number of unbranched alkanes of at least 4 members (excludes halogenated alkanes) is 6. The lowest BCUT2D eigenvalue weighted by molar-refractivity contribution is -0.146. The molecule has 2 N–H and O–H groups in total. The number of aliphatic imine (C=N–C) groups is 2. The smallest absolute Gasteiger partial charge is 0.333 e. The Morgan fingerprint density at radius 1 is 0.576 bits per heavy atom. The Hall–Kier alpha value is -3.72. The number of hydrogen-bond donors (Lipinski definition) is 2. The molecule has 2 atom stereocenters. The lowest BCUT2D eigenvalue weighted by atomic mass is 10.0. The second-order valence-electron chi connectivity index (χ2n) is 16.7. The summed E-state index contributed by atoms with van der Waals surface area (Å²) in [4.78, 5) is 42.5. The molecular formula is C50H58Cl4N6O4S2. The first-order chi connectivity index (χ1) is 31.8. The zero-order valence-electron chi connectivity index (χ0n) is 37.9. The van der Waals surface area contributed by atoms with E-state index in [1.165, 1.54) is 23.5 Å². The van der Waals surface area contributed by atoms with Crippen molar-refractivity contribution in [1.29, 1.82) is 0 Å². The van der Waals surface area contributed by atoms with Gasteiger partial charge in [0.05, 0.1) is 11.4 Å². The Labute approximate surface area is 418 Å². The Bertz CT molecular complexity index is 2240. The zero-order valence-corrected chi connectivity index (χ0v) is 42.5. The highest BCUT2D eigenvalue weighted by molar-refractivity contribution is 8.00. The first kappa shape index (κ1) is 51.7. The number of rotatable bonds is 22. The van der Waals surface area contributed by atoms with Crippen LogP contribution in [0.2, 0.25) is 20.1 Å². The van der Waals surface area contributed by atoms with Gasteiger partial charge in [-0.3, -0.25) is 9.98 Å². The molecule has 6 rings (SSSR count). The number of halogens is 4. The van der Waals surface area contributed by atoms with Gasteiger partial charge in [0.25, 0.3) is 10.1 Å². The standard InChI is InChI=1S/C50H58Cl4N6O4S2/c1-59(2)27-13-5-7-15-29-65-49(33-55-47(37-17-9-11-19-41(37)53)39-31-35(51)21-23-43(39)57-49)63-45(61)25-26-46(62)64-50(66-30-16-8-6-14-28-60(3)4)34-56-48(38-18-10-12-20-42(38)54)40-32-36(52)22-24-44(40)58-50/h9-12,17-26,31-32,57-58H,5-8,13-16,27-30,33-34H2,1-4H3/b26-25-. The maximum absolute atomic E-state index is 14.0. The fourth-order valence-electron chi connectivity index (χ4n) is 7.54. The third-order valence-electron chi connectivity index (χ3n) is 10.8. The number of benzodiazepines with no additional fused rings is 2. The van der Waals surface area contributed by atoms with Gasteiger partial charge in [-0.25, -0.2) is 9.59 Å². The molecule has 0 fully saturated rings. The number of anilines is 2. The highest BCUT2D eigenvalue weighted by Gasteiger charge is 2.40. The molecule has 0 aromatic heterocycles. The van der Waals surface area contributed by atoms with Gasteiger partial charge in [-0.05, 0) is 127 Å². The average Bonchev–Trinajstić information content (AvgIpc) is 3.52. The highest BCUT2D eigenvalue weighted by Crippen LogP contribution is 2.40. The Morgan fingerprint density at radius 2 is 0.970 bits per heavy atom. The van der Waals surface area contributed by atoms with E-state index >= 15 is 0 Å². The van der Waals surface area contributed by atoms with E-state index in [9.17, 15) is 9.59 Å². The summed E-state index contributed by atoms with van der Waals surface area (Å²) in [6.45, 7) is 2.14. The first-order valence-corrected chi connectivity index (χ1v) is 25.7. The number of thioether (sulfide) groups is 2. The monoisotopic (exact) mass is 1010 g/mol. The van der Waals surface area contributed by atoms with E-state index in [1.807, 2.05) is 72.8 Å². The quantitative estimate of drug-likeness (QED) is 0.0342. The molecule has 2 aliphatic rings. The van der Waals surface area contributed by atoms with Crippen molar-refractivity contribution >= 4 is 105 Å². The van der Waals surface area contributed by atoms with Crippen LogP contribution in [-0.2, 0) is 19.1 Å². The summed E-state index contributed by atoms with van der Waals surface area (Å²) in [6.07, 6.45) is 10.4. The number of fused-ring (bicyclic) bond motifs is 2.